The number of methoxy groups -OCH3 is 1. The monoisotopic (exact) mass is 304 g/mol. The van der Waals surface area contributed by atoms with Crippen LogP contribution in [0.15, 0.2) is 41.2 Å². The van der Waals surface area contributed by atoms with Crippen LogP contribution in [0.3, 0.4) is 0 Å². The zero-order valence-electron chi connectivity index (χ0n) is 11.0. The zero-order chi connectivity index (χ0) is 15.0. The van der Waals surface area contributed by atoms with E-state index in [0.717, 1.165) is 0 Å². The summed E-state index contributed by atoms with van der Waals surface area (Å²) in [6.45, 7) is 0. The van der Waals surface area contributed by atoms with Gasteiger partial charge in [0.25, 0.3) is 5.56 Å². The van der Waals surface area contributed by atoms with Gasteiger partial charge in [0.2, 0.25) is 0 Å². The molecule has 0 saturated heterocycles. The van der Waals surface area contributed by atoms with E-state index in [1.54, 1.807) is 24.3 Å². The Bertz CT molecular complexity index is 892. The van der Waals surface area contributed by atoms with E-state index in [1.165, 1.54) is 19.2 Å². The largest absolute Gasteiger partial charge is 0.492 e. The second-order valence-corrected chi connectivity index (χ2v) is 4.78. The average molecular weight is 305 g/mol. The SMILES string of the molecule is COc1c(Cl)ccc(-c2nc3ccccc3c(=O)[nH]2)c1F. The molecule has 6 heteroatoms. The Labute approximate surface area is 124 Å². The first-order chi connectivity index (χ1) is 10.1. The van der Waals surface area contributed by atoms with Crippen molar-refractivity contribution in [2.75, 3.05) is 7.11 Å². The fraction of sp³-hybridized carbons (Fsp3) is 0.0667. The van der Waals surface area contributed by atoms with Crippen LogP contribution in [-0.4, -0.2) is 17.1 Å². The number of aromatic amines is 1. The minimum absolute atomic E-state index is 0.0787. The van der Waals surface area contributed by atoms with E-state index in [9.17, 15) is 9.18 Å². The van der Waals surface area contributed by atoms with Crippen LogP contribution < -0.4 is 10.3 Å². The van der Waals surface area contributed by atoms with E-state index < -0.39 is 5.82 Å². The number of aromatic nitrogens is 2. The fourth-order valence-corrected chi connectivity index (χ4v) is 2.34. The van der Waals surface area contributed by atoms with Crippen molar-refractivity contribution < 1.29 is 9.13 Å². The molecule has 1 aromatic heterocycles. The first-order valence-corrected chi connectivity index (χ1v) is 6.51. The van der Waals surface area contributed by atoms with Crippen molar-refractivity contribution in [3.05, 3.63) is 57.6 Å². The summed E-state index contributed by atoms with van der Waals surface area (Å²) in [5, 5.41) is 0.601. The Kier molecular flexibility index (Phi) is 3.35. The van der Waals surface area contributed by atoms with Gasteiger partial charge in [-0.15, -0.1) is 0 Å². The lowest BCUT2D eigenvalue weighted by molar-refractivity contribution is 0.387. The molecule has 0 amide bonds. The number of benzene rings is 2. The highest BCUT2D eigenvalue weighted by atomic mass is 35.5. The Morgan fingerprint density at radius 1 is 1.24 bits per heavy atom. The molecule has 0 bridgehead atoms. The van der Waals surface area contributed by atoms with Crippen molar-refractivity contribution in [2.45, 2.75) is 0 Å². The first kappa shape index (κ1) is 13.6. The van der Waals surface area contributed by atoms with Crippen molar-refractivity contribution in [2.24, 2.45) is 0 Å². The second kappa shape index (κ2) is 5.18. The van der Waals surface area contributed by atoms with E-state index in [0.29, 0.717) is 10.9 Å². The molecule has 0 aliphatic heterocycles. The van der Waals surface area contributed by atoms with Gasteiger partial charge in [0.15, 0.2) is 11.6 Å². The summed E-state index contributed by atoms with van der Waals surface area (Å²) in [6, 6.07) is 9.80. The third kappa shape index (κ3) is 2.25. The van der Waals surface area contributed by atoms with Crippen molar-refractivity contribution in [1.82, 2.24) is 9.97 Å². The van der Waals surface area contributed by atoms with Gasteiger partial charge in [-0.2, -0.15) is 0 Å². The number of hydrogen-bond acceptors (Lipinski definition) is 3. The maximum absolute atomic E-state index is 14.4. The van der Waals surface area contributed by atoms with E-state index >= 15 is 0 Å². The van der Waals surface area contributed by atoms with Crippen LogP contribution in [0.25, 0.3) is 22.3 Å². The lowest BCUT2D eigenvalue weighted by atomic mass is 10.1. The predicted molar refractivity (Wildman–Crippen MR) is 79.3 cm³/mol. The molecule has 0 atom stereocenters. The molecule has 3 aromatic rings. The van der Waals surface area contributed by atoms with Crippen LogP contribution in [0.4, 0.5) is 4.39 Å². The topological polar surface area (TPSA) is 55.0 Å². The summed E-state index contributed by atoms with van der Waals surface area (Å²) in [4.78, 5) is 18.9. The quantitative estimate of drug-likeness (QED) is 0.789. The molecule has 0 spiro atoms. The van der Waals surface area contributed by atoms with Crippen molar-refractivity contribution in [3.8, 4) is 17.1 Å². The molecular formula is C15H10ClFN2O2. The molecule has 1 heterocycles. The van der Waals surface area contributed by atoms with Gasteiger partial charge in [0, 0.05) is 0 Å². The van der Waals surface area contributed by atoms with Gasteiger partial charge < -0.3 is 9.72 Å². The van der Waals surface area contributed by atoms with Gasteiger partial charge in [-0.1, -0.05) is 23.7 Å². The number of nitrogens with one attached hydrogen (secondary N) is 1. The lowest BCUT2D eigenvalue weighted by Crippen LogP contribution is -2.10. The predicted octanol–water partition coefficient (Wildman–Crippen LogP) is 3.39. The fourth-order valence-electron chi connectivity index (χ4n) is 2.12. The molecular weight excluding hydrogens is 295 g/mol. The summed E-state index contributed by atoms with van der Waals surface area (Å²) in [7, 11) is 1.32. The minimum Gasteiger partial charge on any atom is -0.492 e. The van der Waals surface area contributed by atoms with Crippen LogP contribution in [0.5, 0.6) is 5.75 Å². The van der Waals surface area contributed by atoms with Gasteiger partial charge in [-0.05, 0) is 24.3 Å². The zero-order valence-corrected chi connectivity index (χ0v) is 11.7. The van der Waals surface area contributed by atoms with E-state index in [4.69, 9.17) is 16.3 Å². The molecule has 21 heavy (non-hydrogen) atoms. The standard InChI is InChI=1S/C15H10ClFN2O2/c1-21-13-10(16)7-6-9(12(13)17)14-18-11-5-3-2-4-8(11)15(20)19-14/h2-7H,1H3,(H,18,19,20). The van der Waals surface area contributed by atoms with Gasteiger partial charge in [0.1, 0.15) is 5.82 Å². The van der Waals surface area contributed by atoms with Gasteiger partial charge in [0.05, 0.1) is 28.6 Å². The lowest BCUT2D eigenvalue weighted by Gasteiger charge is -2.09. The summed E-state index contributed by atoms with van der Waals surface area (Å²) in [5.41, 5.74) is 0.285. The van der Waals surface area contributed by atoms with Crippen LogP contribution >= 0.6 is 11.6 Å². The van der Waals surface area contributed by atoms with Crippen molar-refractivity contribution in [1.29, 1.82) is 0 Å². The van der Waals surface area contributed by atoms with Gasteiger partial charge in [-0.25, -0.2) is 9.37 Å². The number of hydrogen-bond donors (Lipinski definition) is 1. The maximum Gasteiger partial charge on any atom is 0.259 e. The molecule has 0 saturated carbocycles. The third-order valence-electron chi connectivity index (χ3n) is 3.12. The maximum atomic E-state index is 14.4. The normalized spacial score (nSPS) is 10.8. The number of H-pyrrole nitrogens is 1. The van der Waals surface area contributed by atoms with E-state index in [1.807, 2.05) is 0 Å². The molecule has 3 rings (SSSR count). The Morgan fingerprint density at radius 3 is 2.76 bits per heavy atom. The number of rotatable bonds is 2. The smallest absolute Gasteiger partial charge is 0.259 e. The average Bonchev–Trinajstić information content (AvgIpc) is 2.48. The Hall–Kier alpha value is -2.40. The third-order valence-corrected chi connectivity index (χ3v) is 3.42. The number of ether oxygens (including phenoxy) is 1. The molecule has 0 fully saturated rings. The minimum atomic E-state index is -0.663. The highest BCUT2D eigenvalue weighted by Crippen LogP contribution is 2.33. The van der Waals surface area contributed by atoms with E-state index in [2.05, 4.69) is 9.97 Å². The number of halogens is 2. The summed E-state index contributed by atoms with van der Waals surface area (Å²) < 4.78 is 19.3. The molecule has 1 N–H and O–H groups in total. The van der Waals surface area contributed by atoms with Gasteiger partial charge >= 0.3 is 0 Å². The highest BCUT2D eigenvalue weighted by Gasteiger charge is 2.16. The molecule has 0 radical (unpaired) electrons. The van der Waals surface area contributed by atoms with E-state index in [-0.39, 0.29) is 27.7 Å². The highest BCUT2D eigenvalue weighted by molar-refractivity contribution is 6.32. The summed E-state index contributed by atoms with van der Waals surface area (Å²) in [5.74, 6) is -0.612. The Morgan fingerprint density at radius 2 is 2.00 bits per heavy atom. The molecule has 0 aliphatic rings. The van der Waals surface area contributed by atoms with Gasteiger partial charge in [-0.3, -0.25) is 4.79 Å². The number of para-hydroxylation sites is 1. The number of nitrogens with zero attached hydrogens (tertiary/aromatic N) is 1. The van der Waals surface area contributed by atoms with Crippen molar-refractivity contribution >= 4 is 22.5 Å². The second-order valence-electron chi connectivity index (χ2n) is 4.37. The molecule has 106 valence electrons. The van der Waals surface area contributed by atoms with Crippen LogP contribution in [-0.2, 0) is 0 Å². The van der Waals surface area contributed by atoms with Crippen molar-refractivity contribution in [3.63, 3.8) is 0 Å². The molecule has 0 unspecified atom stereocenters. The molecule has 2 aromatic carbocycles. The van der Waals surface area contributed by atoms with Crippen LogP contribution in [0, 0.1) is 5.82 Å². The van der Waals surface area contributed by atoms with Crippen LogP contribution in [0.1, 0.15) is 0 Å². The molecule has 4 nitrogen and oxygen atoms in total. The first-order valence-electron chi connectivity index (χ1n) is 6.13. The number of fused-ring (bicyclic) bond motifs is 1. The molecule has 0 aliphatic carbocycles. The summed E-state index contributed by atoms with van der Waals surface area (Å²) >= 11 is 5.86. The summed E-state index contributed by atoms with van der Waals surface area (Å²) in [6.07, 6.45) is 0. The Balaban J connectivity index is 2.29. The van der Waals surface area contributed by atoms with Crippen LogP contribution in [0.2, 0.25) is 5.02 Å².